The van der Waals surface area contributed by atoms with Gasteiger partial charge in [-0.15, -0.1) is 0 Å². The molecule has 0 heterocycles. The van der Waals surface area contributed by atoms with Gasteiger partial charge < -0.3 is 0 Å². The fraction of sp³-hybridized carbons (Fsp3) is 0.561. The van der Waals surface area contributed by atoms with Crippen LogP contribution in [-0.4, -0.2) is 11.4 Å². The van der Waals surface area contributed by atoms with Crippen LogP contribution in [-0.2, 0) is 29.3 Å². The molecule has 2 aromatic carbocycles. The van der Waals surface area contributed by atoms with Crippen LogP contribution in [0.15, 0.2) is 82.8 Å². The molecule has 0 N–H and O–H groups in total. The van der Waals surface area contributed by atoms with E-state index < -0.39 is 0 Å². The first-order valence-electron chi connectivity index (χ1n) is 17.8. The van der Waals surface area contributed by atoms with Gasteiger partial charge in [0, 0.05) is 16.5 Å². The third-order valence-corrected chi connectivity index (χ3v) is 8.13. The van der Waals surface area contributed by atoms with Crippen LogP contribution >= 0.6 is 0 Å². The molecule has 0 aliphatic rings. The molecule has 0 aliphatic carbocycles. The third-order valence-electron chi connectivity index (χ3n) is 8.13. The maximum Gasteiger partial charge on any atom is 0.0665 e. The molecule has 0 unspecified atom stereocenters. The van der Waals surface area contributed by atoms with E-state index in [-0.39, 0.29) is 16.5 Å². The van der Waals surface area contributed by atoms with Crippen molar-refractivity contribution >= 4 is 22.8 Å². The number of nitrogens with zero attached hydrogens (tertiary/aromatic N) is 2. The van der Waals surface area contributed by atoms with Crippen molar-refractivity contribution in [2.75, 3.05) is 0 Å². The zero-order chi connectivity index (χ0) is 30.8. The Bertz CT molecular complexity index is 1110. The van der Waals surface area contributed by atoms with Gasteiger partial charge in [-0.25, -0.2) is 0 Å². The number of aryl methyl sites for hydroxylation is 2. The number of allylic oxidation sites excluding steroid dienone is 4. The summed E-state index contributed by atoms with van der Waals surface area (Å²) < 4.78 is 0. The molecule has 0 atom stereocenters. The van der Waals surface area contributed by atoms with Gasteiger partial charge in [-0.2, -0.15) is 0 Å². The Morgan fingerprint density at radius 1 is 0.523 bits per heavy atom. The molecule has 0 aliphatic heterocycles. The van der Waals surface area contributed by atoms with Crippen LogP contribution in [0.3, 0.4) is 0 Å². The molecule has 0 saturated carbocycles. The second kappa shape index (κ2) is 27.1. The van der Waals surface area contributed by atoms with Gasteiger partial charge in [0.2, 0.25) is 0 Å². The predicted octanol–water partition coefficient (Wildman–Crippen LogP) is 13.4. The summed E-state index contributed by atoms with van der Waals surface area (Å²) >= 11 is 0. The van der Waals surface area contributed by atoms with Crippen LogP contribution in [0, 0.1) is 0 Å². The first kappa shape index (κ1) is 39.8. The minimum absolute atomic E-state index is 0. The number of hydrogen-bond acceptors (Lipinski definition) is 2. The van der Waals surface area contributed by atoms with E-state index in [1.165, 1.54) is 75.3 Å². The van der Waals surface area contributed by atoms with Gasteiger partial charge in [-0.05, 0) is 107 Å². The molecule has 0 fully saturated rings. The predicted molar refractivity (Wildman–Crippen MR) is 194 cm³/mol. The Morgan fingerprint density at radius 3 is 1.43 bits per heavy atom. The molecule has 0 spiro atoms. The number of unbranched alkanes of at least 4 members (excludes halogenated alkanes) is 11. The van der Waals surface area contributed by atoms with E-state index in [0.29, 0.717) is 0 Å². The third kappa shape index (κ3) is 17.9. The quantitative estimate of drug-likeness (QED) is 0.0472. The molecule has 0 amide bonds. The number of benzene rings is 2. The summed E-state index contributed by atoms with van der Waals surface area (Å²) in [5.41, 5.74) is 7.08. The van der Waals surface area contributed by atoms with Crippen molar-refractivity contribution in [2.24, 2.45) is 9.98 Å². The molecule has 0 bridgehead atoms. The zero-order valence-corrected chi connectivity index (χ0v) is 29.6. The molecular weight excluding hydrogens is 579 g/mol. The van der Waals surface area contributed by atoms with E-state index in [1.54, 1.807) is 0 Å². The minimum atomic E-state index is 0. The summed E-state index contributed by atoms with van der Waals surface area (Å²) in [5.74, 6) is 0. The van der Waals surface area contributed by atoms with Gasteiger partial charge in [0.15, 0.2) is 0 Å². The fourth-order valence-electron chi connectivity index (χ4n) is 5.39. The van der Waals surface area contributed by atoms with Crippen LogP contribution in [0.2, 0.25) is 0 Å². The Balaban J connectivity index is 0.00000968. The van der Waals surface area contributed by atoms with Crippen molar-refractivity contribution in [1.82, 2.24) is 0 Å². The average molecular weight is 642 g/mol. The van der Waals surface area contributed by atoms with Crippen molar-refractivity contribution in [2.45, 2.75) is 150 Å². The molecule has 0 saturated heterocycles. The molecular formula is C41H62N2Ni. The second-order valence-electron chi connectivity index (χ2n) is 12.0. The summed E-state index contributed by atoms with van der Waals surface area (Å²) in [6.45, 7) is 8.95. The largest absolute Gasteiger partial charge is 0.252 e. The summed E-state index contributed by atoms with van der Waals surface area (Å²) in [6, 6.07) is 17.4. The van der Waals surface area contributed by atoms with Gasteiger partial charge in [0.1, 0.15) is 0 Å². The molecule has 2 nitrogen and oxygen atoms in total. The topological polar surface area (TPSA) is 24.7 Å². The molecule has 0 radical (unpaired) electrons. The number of para-hydroxylation sites is 2. The van der Waals surface area contributed by atoms with Crippen molar-refractivity contribution in [3.05, 3.63) is 84.0 Å². The van der Waals surface area contributed by atoms with Gasteiger partial charge in [0.25, 0.3) is 0 Å². The fourth-order valence-corrected chi connectivity index (χ4v) is 5.39. The smallest absolute Gasteiger partial charge is 0.0665 e. The van der Waals surface area contributed by atoms with Crippen LogP contribution < -0.4 is 0 Å². The Hall–Kier alpha value is -2.25. The van der Waals surface area contributed by atoms with Gasteiger partial charge in [0.05, 0.1) is 22.8 Å². The van der Waals surface area contributed by atoms with E-state index in [0.717, 1.165) is 80.6 Å². The van der Waals surface area contributed by atoms with E-state index in [2.05, 4.69) is 101 Å². The van der Waals surface area contributed by atoms with Crippen LogP contribution in [0.1, 0.15) is 148 Å². The number of hydrogen-bond donors (Lipinski definition) is 0. The minimum Gasteiger partial charge on any atom is -0.252 e. The van der Waals surface area contributed by atoms with Crippen molar-refractivity contribution in [3.63, 3.8) is 0 Å². The SMILES string of the molecule is CCCCCCC=CCCCc1ccccc1N=C(C)C(CCCC)=Nc1ccccc1CCCC=CCCCCCC.[Ni]. The first-order chi connectivity index (χ1) is 21.2. The second-order valence-corrected chi connectivity index (χ2v) is 12.0. The number of rotatable bonds is 24. The zero-order valence-electron chi connectivity index (χ0n) is 28.6. The van der Waals surface area contributed by atoms with E-state index in [4.69, 9.17) is 9.98 Å². The standard InChI is InChI=1S/C41H62N2.Ni/c1-5-8-11-13-15-17-19-21-23-29-37-31-25-27-34-40(37)42-36(4)39(33-10-7-3)43-41-35-28-26-32-38(41)30-24-22-20-18-16-14-12-9-6-2;/h17-20,25-28,31-32,34-35H,5-16,21-24,29-30,33H2,1-4H3;. The molecule has 2 rings (SSSR count). The monoisotopic (exact) mass is 640 g/mol. The summed E-state index contributed by atoms with van der Waals surface area (Å²) in [7, 11) is 0. The molecule has 44 heavy (non-hydrogen) atoms. The Labute approximate surface area is 282 Å². The van der Waals surface area contributed by atoms with Crippen molar-refractivity contribution < 1.29 is 16.5 Å². The summed E-state index contributed by atoms with van der Waals surface area (Å²) in [6.07, 6.45) is 32.6. The molecule has 0 aromatic heterocycles. The van der Waals surface area contributed by atoms with Gasteiger partial charge in [-0.1, -0.05) is 126 Å². The van der Waals surface area contributed by atoms with Gasteiger partial charge >= 0.3 is 0 Å². The van der Waals surface area contributed by atoms with Crippen LogP contribution in [0.4, 0.5) is 11.4 Å². The Kier molecular flexibility index (Phi) is 24.5. The maximum atomic E-state index is 5.26. The molecule has 2 aromatic rings. The van der Waals surface area contributed by atoms with E-state index >= 15 is 0 Å². The normalized spacial score (nSPS) is 12.4. The van der Waals surface area contributed by atoms with Crippen LogP contribution in [0.25, 0.3) is 0 Å². The van der Waals surface area contributed by atoms with Crippen molar-refractivity contribution in [1.29, 1.82) is 0 Å². The maximum absolute atomic E-state index is 5.26. The van der Waals surface area contributed by atoms with E-state index in [9.17, 15) is 0 Å². The average Bonchev–Trinajstić information content (AvgIpc) is 3.02. The van der Waals surface area contributed by atoms with E-state index in [1.807, 2.05) is 0 Å². The summed E-state index contributed by atoms with van der Waals surface area (Å²) in [5, 5.41) is 0. The first-order valence-corrected chi connectivity index (χ1v) is 17.8. The van der Waals surface area contributed by atoms with Crippen LogP contribution in [0.5, 0.6) is 0 Å². The number of aliphatic imine (C=N–C) groups is 2. The summed E-state index contributed by atoms with van der Waals surface area (Å²) in [4.78, 5) is 10.4. The van der Waals surface area contributed by atoms with Gasteiger partial charge in [-0.3, -0.25) is 9.98 Å². The Morgan fingerprint density at radius 2 is 0.955 bits per heavy atom. The molecule has 3 heteroatoms. The van der Waals surface area contributed by atoms with Crippen molar-refractivity contribution in [3.8, 4) is 0 Å². The molecule has 246 valence electrons.